The van der Waals surface area contributed by atoms with Crippen molar-refractivity contribution in [3.8, 4) is 5.75 Å². The van der Waals surface area contributed by atoms with Gasteiger partial charge in [-0.2, -0.15) is 0 Å². The molecule has 3 nitrogen and oxygen atoms in total. The molecule has 1 aromatic rings. The van der Waals surface area contributed by atoms with Gasteiger partial charge in [-0.25, -0.2) is 0 Å². The van der Waals surface area contributed by atoms with Gasteiger partial charge in [0.1, 0.15) is 5.75 Å². The van der Waals surface area contributed by atoms with Crippen molar-refractivity contribution in [2.24, 2.45) is 17.3 Å². The monoisotopic (exact) mass is 287 g/mol. The summed E-state index contributed by atoms with van der Waals surface area (Å²) < 4.78 is 5.39. The van der Waals surface area contributed by atoms with Gasteiger partial charge in [0, 0.05) is 0 Å². The number of carbonyl (C=O) groups is 1. The average molecular weight is 287 g/mol. The van der Waals surface area contributed by atoms with Gasteiger partial charge in [-0.3, -0.25) is 4.79 Å². The molecule has 2 aliphatic rings. The standard InChI is InChI=1S/C18H25NO2/c1-11-8-12(10-18(2,3)9-11)15-13-6-5-7-14(21-4)16(13)19-17(15)20/h5-7,11-12,15H,8-10H2,1-4H3,(H,19,20). The summed E-state index contributed by atoms with van der Waals surface area (Å²) in [5.74, 6) is 2.01. The van der Waals surface area contributed by atoms with E-state index in [9.17, 15) is 4.79 Å². The van der Waals surface area contributed by atoms with E-state index in [-0.39, 0.29) is 11.8 Å². The van der Waals surface area contributed by atoms with E-state index in [2.05, 4.69) is 32.2 Å². The predicted molar refractivity (Wildman–Crippen MR) is 84.7 cm³/mol. The number of carbonyl (C=O) groups excluding carboxylic acids is 1. The van der Waals surface area contributed by atoms with Crippen LogP contribution in [0.3, 0.4) is 0 Å². The van der Waals surface area contributed by atoms with Crippen molar-refractivity contribution in [3.05, 3.63) is 23.8 Å². The Labute approximate surface area is 127 Å². The first kappa shape index (κ1) is 14.4. The second kappa shape index (κ2) is 5.04. The molecule has 1 heterocycles. The first-order valence-electron chi connectivity index (χ1n) is 7.89. The van der Waals surface area contributed by atoms with Crippen LogP contribution in [0.4, 0.5) is 5.69 Å². The van der Waals surface area contributed by atoms with Gasteiger partial charge >= 0.3 is 0 Å². The lowest BCUT2D eigenvalue weighted by Gasteiger charge is -2.41. The molecule has 1 aromatic carbocycles. The van der Waals surface area contributed by atoms with E-state index in [1.807, 2.05) is 12.1 Å². The minimum Gasteiger partial charge on any atom is -0.495 e. The number of ether oxygens (including phenoxy) is 1. The highest BCUT2D eigenvalue weighted by atomic mass is 16.5. The van der Waals surface area contributed by atoms with Crippen LogP contribution >= 0.6 is 0 Å². The molecule has 1 saturated carbocycles. The van der Waals surface area contributed by atoms with Gasteiger partial charge in [0.05, 0.1) is 18.7 Å². The predicted octanol–water partition coefficient (Wildman–Crippen LogP) is 4.19. The molecular formula is C18H25NO2. The second-order valence-corrected chi connectivity index (χ2v) is 7.56. The highest BCUT2D eigenvalue weighted by molar-refractivity contribution is 6.04. The molecule has 0 aromatic heterocycles. The van der Waals surface area contributed by atoms with E-state index in [4.69, 9.17) is 4.74 Å². The summed E-state index contributed by atoms with van der Waals surface area (Å²) in [6.07, 6.45) is 3.51. The lowest BCUT2D eigenvalue weighted by molar-refractivity contribution is -0.118. The summed E-state index contributed by atoms with van der Waals surface area (Å²) in [5, 5.41) is 3.04. The summed E-state index contributed by atoms with van der Waals surface area (Å²) >= 11 is 0. The normalized spacial score (nSPS) is 30.7. The van der Waals surface area contributed by atoms with Crippen LogP contribution in [0.5, 0.6) is 5.75 Å². The average Bonchev–Trinajstić information content (AvgIpc) is 2.71. The van der Waals surface area contributed by atoms with Crippen molar-refractivity contribution in [1.82, 2.24) is 0 Å². The highest BCUT2D eigenvalue weighted by Crippen LogP contribution is 2.51. The van der Waals surface area contributed by atoms with Crippen LogP contribution in [-0.4, -0.2) is 13.0 Å². The number of para-hydroxylation sites is 1. The molecule has 1 amide bonds. The molecule has 0 radical (unpaired) electrons. The molecule has 0 spiro atoms. The molecule has 3 unspecified atom stereocenters. The molecule has 0 bridgehead atoms. The van der Waals surface area contributed by atoms with E-state index in [1.54, 1.807) is 7.11 Å². The van der Waals surface area contributed by atoms with E-state index >= 15 is 0 Å². The SMILES string of the molecule is COc1cccc2c1NC(=O)C2C1CC(C)CC(C)(C)C1. The molecule has 1 aliphatic carbocycles. The third-order valence-corrected chi connectivity index (χ3v) is 5.04. The number of anilines is 1. The van der Waals surface area contributed by atoms with Crippen molar-refractivity contribution >= 4 is 11.6 Å². The number of fused-ring (bicyclic) bond motifs is 1. The van der Waals surface area contributed by atoms with Crippen LogP contribution in [0.25, 0.3) is 0 Å². The lowest BCUT2D eigenvalue weighted by Crippen LogP contribution is -2.33. The summed E-state index contributed by atoms with van der Waals surface area (Å²) in [6, 6.07) is 5.98. The zero-order valence-corrected chi connectivity index (χ0v) is 13.4. The number of hydrogen-bond donors (Lipinski definition) is 1. The topological polar surface area (TPSA) is 38.3 Å². The fourth-order valence-electron chi connectivity index (χ4n) is 4.60. The first-order valence-corrected chi connectivity index (χ1v) is 7.89. The van der Waals surface area contributed by atoms with E-state index in [1.165, 1.54) is 6.42 Å². The third-order valence-electron chi connectivity index (χ3n) is 5.04. The minimum atomic E-state index is -0.0166. The van der Waals surface area contributed by atoms with Crippen molar-refractivity contribution in [1.29, 1.82) is 0 Å². The maximum atomic E-state index is 12.5. The van der Waals surface area contributed by atoms with Crippen molar-refractivity contribution < 1.29 is 9.53 Å². The van der Waals surface area contributed by atoms with Crippen LogP contribution < -0.4 is 10.1 Å². The zero-order valence-electron chi connectivity index (χ0n) is 13.4. The number of rotatable bonds is 2. The van der Waals surface area contributed by atoms with E-state index in [0.717, 1.165) is 29.8 Å². The molecule has 3 atom stereocenters. The number of methoxy groups -OCH3 is 1. The van der Waals surface area contributed by atoms with Gasteiger partial charge in [0.2, 0.25) is 5.91 Å². The van der Waals surface area contributed by atoms with Gasteiger partial charge < -0.3 is 10.1 Å². The highest BCUT2D eigenvalue weighted by Gasteiger charge is 2.43. The fourth-order valence-corrected chi connectivity index (χ4v) is 4.60. The molecule has 3 rings (SSSR count). The Morgan fingerprint density at radius 3 is 2.71 bits per heavy atom. The van der Waals surface area contributed by atoms with Crippen LogP contribution in [-0.2, 0) is 4.79 Å². The molecular weight excluding hydrogens is 262 g/mol. The fraction of sp³-hybridized carbons (Fsp3) is 0.611. The Morgan fingerprint density at radius 1 is 1.29 bits per heavy atom. The maximum Gasteiger partial charge on any atom is 0.232 e. The van der Waals surface area contributed by atoms with Gasteiger partial charge in [0.25, 0.3) is 0 Å². The van der Waals surface area contributed by atoms with Crippen molar-refractivity contribution in [2.45, 2.75) is 46.0 Å². The Balaban J connectivity index is 1.95. The number of nitrogens with one attached hydrogen (secondary N) is 1. The Hall–Kier alpha value is -1.51. The van der Waals surface area contributed by atoms with E-state index in [0.29, 0.717) is 17.3 Å². The quantitative estimate of drug-likeness (QED) is 0.885. The zero-order chi connectivity index (χ0) is 15.2. The van der Waals surface area contributed by atoms with Crippen molar-refractivity contribution in [3.63, 3.8) is 0 Å². The molecule has 21 heavy (non-hydrogen) atoms. The molecule has 114 valence electrons. The summed E-state index contributed by atoms with van der Waals surface area (Å²) in [6.45, 7) is 6.97. The van der Waals surface area contributed by atoms with Gasteiger partial charge in [-0.15, -0.1) is 0 Å². The van der Waals surface area contributed by atoms with Crippen LogP contribution in [0, 0.1) is 17.3 Å². The first-order chi connectivity index (χ1) is 9.91. The van der Waals surface area contributed by atoms with Crippen molar-refractivity contribution in [2.75, 3.05) is 12.4 Å². The second-order valence-electron chi connectivity index (χ2n) is 7.56. The van der Waals surface area contributed by atoms with E-state index < -0.39 is 0 Å². The maximum absolute atomic E-state index is 12.5. The Kier molecular flexibility index (Phi) is 3.46. The van der Waals surface area contributed by atoms with Crippen LogP contribution in [0.15, 0.2) is 18.2 Å². The molecule has 3 heteroatoms. The minimum absolute atomic E-state index is 0.0166. The third kappa shape index (κ3) is 2.54. The van der Waals surface area contributed by atoms with Crippen LogP contribution in [0.2, 0.25) is 0 Å². The summed E-state index contributed by atoms with van der Waals surface area (Å²) in [7, 11) is 1.65. The number of benzene rings is 1. The largest absolute Gasteiger partial charge is 0.495 e. The lowest BCUT2D eigenvalue weighted by atomic mass is 9.64. The molecule has 1 N–H and O–H groups in total. The molecule has 1 aliphatic heterocycles. The smallest absolute Gasteiger partial charge is 0.232 e. The van der Waals surface area contributed by atoms with Gasteiger partial charge in [-0.1, -0.05) is 32.9 Å². The van der Waals surface area contributed by atoms with Gasteiger partial charge in [-0.05, 0) is 48.1 Å². The molecule has 1 fully saturated rings. The molecule has 0 saturated heterocycles. The van der Waals surface area contributed by atoms with Gasteiger partial charge in [0.15, 0.2) is 0 Å². The van der Waals surface area contributed by atoms with Crippen LogP contribution in [0.1, 0.15) is 51.5 Å². The Bertz CT molecular complexity index is 564. The number of amides is 1. The summed E-state index contributed by atoms with van der Waals surface area (Å²) in [4.78, 5) is 12.5. The Morgan fingerprint density at radius 2 is 2.05 bits per heavy atom. The number of hydrogen-bond acceptors (Lipinski definition) is 2. The summed E-state index contributed by atoms with van der Waals surface area (Å²) in [5.41, 5.74) is 2.32.